The van der Waals surface area contributed by atoms with E-state index >= 15 is 0 Å². The third-order valence-corrected chi connectivity index (χ3v) is 4.84. The van der Waals surface area contributed by atoms with Gasteiger partial charge < -0.3 is 0 Å². The number of benzene rings is 1. The van der Waals surface area contributed by atoms with Gasteiger partial charge in [0.25, 0.3) is 10.2 Å². The molecule has 0 amide bonds. The van der Waals surface area contributed by atoms with Gasteiger partial charge in [-0.1, -0.05) is 37.3 Å². The van der Waals surface area contributed by atoms with E-state index in [9.17, 15) is 8.42 Å². The molecule has 102 valence electrons. The first-order chi connectivity index (χ1) is 8.39. The molecular formula is C13H22N2O2S. The molecule has 0 aliphatic carbocycles. The Morgan fingerprint density at radius 1 is 1.28 bits per heavy atom. The molecule has 1 aromatic carbocycles. The van der Waals surface area contributed by atoms with Crippen molar-refractivity contribution in [2.45, 2.75) is 26.3 Å². The van der Waals surface area contributed by atoms with Gasteiger partial charge in [-0.25, -0.2) is 0 Å². The number of nitrogens with zero attached hydrogens (tertiary/aromatic N) is 2. The molecule has 2 atom stereocenters. The average Bonchev–Trinajstić information content (AvgIpc) is 3.09. The second-order valence-corrected chi connectivity index (χ2v) is 6.64. The molecule has 1 unspecified atom stereocenters. The predicted molar refractivity (Wildman–Crippen MR) is 74.6 cm³/mol. The zero-order valence-corrected chi connectivity index (χ0v) is 12.3. The maximum atomic E-state index is 11.2. The molecule has 0 bridgehead atoms. The van der Waals surface area contributed by atoms with E-state index in [2.05, 4.69) is 31.2 Å². The van der Waals surface area contributed by atoms with E-state index in [1.165, 1.54) is 14.2 Å². The molecule has 5 heteroatoms. The zero-order valence-electron chi connectivity index (χ0n) is 11.5. The molecule has 0 aromatic heterocycles. The molecule has 1 aliphatic rings. The smallest absolute Gasteiger partial charge is 0.195 e. The van der Waals surface area contributed by atoms with Crippen LogP contribution in [0.2, 0.25) is 0 Å². The molecule has 1 aliphatic heterocycles. The number of rotatable bonds is 3. The van der Waals surface area contributed by atoms with E-state index in [1.807, 2.05) is 13.0 Å². The van der Waals surface area contributed by atoms with E-state index in [4.69, 9.17) is 0 Å². The van der Waals surface area contributed by atoms with Gasteiger partial charge in [-0.05, 0) is 18.9 Å². The molecule has 4 nitrogen and oxygen atoms in total. The van der Waals surface area contributed by atoms with Crippen LogP contribution in [0.15, 0.2) is 30.3 Å². The highest BCUT2D eigenvalue weighted by Gasteiger charge is 2.41. The summed E-state index contributed by atoms with van der Waals surface area (Å²) in [6.07, 6.45) is 1.14. The minimum Gasteiger partial charge on any atom is -0.195 e. The van der Waals surface area contributed by atoms with Crippen LogP contribution < -0.4 is 0 Å². The Bertz CT molecular complexity index is 457. The third kappa shape index (κ3) is 4.08. The van der Waals surface area contributed by atoms with Crippen LogP contribution in [0.5, 0.6) is 0 Å². The Morgan fingerprint density at radius 2 is 1.78 bits per heavy atom. The highest BCUT2D eigenvalue weighted by molar-refractivity contribution is 7.87. The predicted octanol–water partition coefficient (Wildman–Crippen LogP) is 1.75. The van der Waals surface area contributed by atoms with Crippen molar-refractivity contribution in [3.63, 3.8) is 0 Å². The molecule has 1 aromatic rings. The van der Waals surface area contributed by atoms with Crippen molar-refractivity contribution in [3.05, 3.63) is 35.9 Å². The Labute approximate surface area is 110 Å². The first kappa shape index (κ1) is 15.1. The molecule has 18 heavy (non-hydrogen) atoms. The van der Waals surface area contributed by atoms with E-state index in [0.717, 1.165) is 6.42 Å². The fourth-order valence-electron chi connectivity index (χ4n) is 1.46. The van der Waals surface area contributed by atoms with E-state index < -0.39 is 10.2 Å². The first-order valence-corrected chi connectivity index (χ1v) is 7.52. The van der Waals surface area contributed by atoms with E-state index in [-0.39, 0.29) is 6.04 Å². The van der Waals surface area contributed by atoms with Gasteiger partial charge >= 0.3 is 0 Å². The highest BCUT2D eigenvalue weighted by Crippen LogP contribution is 2.22. The minimum absolute atomic E-state index is 0.201. The summed E-state index contributed by atoms with van der Waals surface area (Å²) in [6.45, 7) is 4.72. The molecule has 1 saturated heterocycles. The summed E-state index contributed by atoms with van der Waals surface area (Å²) in [5.74, 6) is 0. The van der Waals surface area contributed by atoms with Gasteiger partial charge in [0, 0.05) is 26.7 Å². The van der Waals surface area contributed by atoms with Gasteiger partial charge in [0.15, 0.2) is 0 Å². The Balaban J connectivity index is 0.000000184. The molecule has 0 saturated carbocycles. The second kappa shape index (κ2) is 6.31. The maximum absolute atomic E-state index is 11.2. The Kier molecular flexibility index (Phi) is 5.31. The van der Waals surface area contributed by atoms with Crippen LogP contribution in [-0.2, 0) is 16.6 Å². The lowest BCUT2D eigenvalue weighted by Gasteiger charge is -2.10. The van der Waals surface area contributed by atoms with E-state index in [1.54, 1.807) is 14.1 Å². The van der Waals surface area contributed by atoms with Crippen molar-refractivity contribution in [1.82, 2.24) is 8.61 Å². The summed E-state index contributed by atoms with van der Waals surface area (Å²) in [5.41, 5.74) is 1.41. The summed E-state index contributed by atoms with van der Waals surface area (Å²) in [5, 5.41) is 0. The van der Waals surface area contributed by atoms with Crippen LogP contribution >= 0.6 is 0 Å². The number of hydrogen-bond acceptors (Lipinski definition) is 2. The van der Waals surface area contributed by atoms with Gasteiger partial charge in [0.2, 0.25) is 0 Å². The van der Waals surface area contributed by atoms with Crippen LogP contribution in [0.1, 0.15) is 19.4 Å². The number of hydrogen-bond donors (Lipinski definition) is 0. The summed E-state index contributed by atoms with van der Waals surface area (Å²) in [4.78, 5) is 0. The fourth-order valence-corrected chi connectivity index (χ4v) is 2.74. The van der Waals surface area contributed by atoms with E-state index in [0.29, 0.717) is 6.54 Å². The average molecular weight is 270 g/mol. The molecule has 0 spiro atoms. The van der Waals surface area contributed by atoms with Gasteiger partial charge in [-0.2, -0.15) is 17.0 Å². The molecule has 0 radical (unpaired) electrons. The van der Waals surface area contributed by atoms with Crippen LogP contribution in [-0.4, -0.2) is 43.7 Å². The lowest BCUT2D eigenvalue weighted by molar-refractivity contribution is 0.480. The van der Waals surface area contributed by atoms with Crippen LogP contribution in [0.3, 0.4) is 0 Å². The second-order valence-electron chi connectivity index (χ2n) is 4.55. The summed E-state index contributed by atoms with van der Waals surface area (Å²) in [6, 6.07) is 10.7. The van der Waals surface area contributed by atoms with Crippen molar-refractivity contribution >= 4 is 10.2 Å². The molecule has 1 fully saturated rings. The third-order valence-electron chi connectivity index (χ3n) is 2.81. The molecule has 2 rings (SSSR count). The molecular weight excluding hydrogens is 248 g/mol. The maximum Gasteiger partial charge on any atom is 0.281 e. The van der Waals surface area contributed by atoms with Gasteiger partial charge in [0.05, 0.1) is 0 Å². The topological polar surface area (TPSA) is 40.4 Å². The van der Waals surface area contributed by atoms with Crippen LogP contribution in [0, 0.1) is 0 Å². The SMILES string of the molecule is CCc1ccccc1.C[C@H]1CN1S(=O)(=O)N(C)C. The van der Waals surface area contributed by atoms with Gasteiger partial charge in [-0.3, -0.25) is 0 Å². The van der Waals surface area contributed by atoms with Gasteiger partial charge in [0.1, 0.15) is 0 Å². The van der Waals surface area contributed by atoms with Crippen molar-refractivity contribution < 1.29 is 8.42 Å². The summed E-state index contributed by atoms with van der Waals surface area (Å²) in [7, 11) is -0.00215. The first-order valence-electron chi connectivity index (χ1n) is 6.12. The van der Waals surface area contributed by atoms with Gasteiger partial charge in [-0.15, -0.1) is 0 Å². The minimum atomic E-state index is -3.09. The van der Waals surface area contributed by atoms with Crippen molar-refractivity contribution in [3.8, 4) is 0 Å². The standard InChI is InChI=1S/C8H10.C5H12N2O2S/c1-2-8-6-4-3-5-7-8;1-5-4-7(5)10(8,9)6(2)3/h3-7H,2H2,1H3;5H,4H2,1-3H3/t;5-,7?/m.0/s1. The van der Waals surface area contributed by atoms with Crippen LogP contribution in [0.25, 0.3) is 0 Å². The lowest BCUT2D eigenvalue weighted by atomic mass is 10.2. The summed E-state index contributed by atoms with van der Waals surface area (Å²) < 4.78 is 25.0. The van der Waals surface area contributed by atoms with Crippen LogP contribution in [0.4, 0.5) is 0 Å². The normalized spacial score (nSPS) is 22.3. The summed E-state index contributed by atoms with van der Waals surface area (Å²) >= 11 is 0. The zero-order chi connectivity index (χ0) is 13.8. The Hall–Kier alpha value is -0.910. The highest BCUT2D eigenvalue weighted by atomic mass is 32.2. The van der Waals surface area contributed by atoms with Crippen molar-refractivity contribution in [1.29, 1.82) is 0 Å². The van der Waals surface area contributed by atoms with Crippen molar-refractivity contribution in [2.75, 3.05) is 20.6 Å². The molecule has 0 N–H and O–H groups in total. The molecule has 1 heterocycles. The van der Waals surface area contributed by atoms with Crippen molar-refractivity contribution in [2.24, 2.45) is 0 Å². The largest absolute Gasteiger partial charge is 0.281 e. The fraction of sp³-hybridized carbons (Fsp3) is 0.538. The Morgan fingerprint density at radius 3 is 2.00 bits per heavy atom. The number of aryl methyl sites for hydroxylation is 1. The monoisotopic (exact) mass is 270 g/mol. The lowest BCUT2D eigenvalue weighted by Crippen LogP contribution is -2.29. The quantitative estimate of drug-likeness (QED) is 0.785.